The van der Waals surface area contributed by atoms with Crippen LogP contribution in [0.2, 0.25) is 0 Å². The lowest BCUT2D eigenvalue weighted by Crippen LogP contribution is -2.44. The summed E-state index contributed by atoms with van der Waals surface area (Å²) in [6.45, 7) is 4.69. The van der Waals surface area contributed by atoms with Crippen LogP contribution in [0.25, 0.3) is 0 Å². The molecule has 2 aliphatic rings. The molecule has 0 bridgehead atoms. The lowest BCUT2D eigenvalue weighted by Gasteiger charge is -2.32. The lowest BCUT2D eigenvalue weighted by atomic mass is 9.93. The number of piperidine rings is 1. The first-order chi connectivity index (χ1) is 21.2. The largest absolute Gasteiger partial charge is 0.364 e. The van der Waals surface area contributed by atoms with Crippen LogP contribution in [0.3, 0.4) is 0 Å². The summed E-state index contributed by atoms with van der Waals surface area (Å²) >= 11 is 0. The molecule has 0 spiro atoms. The van der Waals surface area contributed by atoms with Crippen LogP contribution in [0.1, 0.15) is 42.5 Å². The minimum Gasteiger partial charge on any atom is -0.364 e. The van der Waals surface area contributed by atoms with Gasteiger partial charge in [-0.25, -0.2) is 8.78 Å². The number of anilines is 1. The number of hydrogen-bond donors (Lipinski definition) is 1. The molecule has 0 aromatic heterocycles. The van der Waals surface area contributed by atoms with E-state index in [0.717, 1.165) is 50.1 Å². The van der Waals surface area contributed by atoms with E-state index in [2.05, 4.69) is 10.2 Å². The molecule has 44 heavy (non-hydrogen) atoms. The summed E-state index contributed by atoms with van der Waals surface area (Å²) in [5.74, 6) is -1.28. The molecule has 2 aliphatic heterocycles. The molecular formula is C32H36F2N4O5S. The minimum absolute atomic E-state index is 0.00575. The summed E-state index contributed by atoms with van der Waals surface area (Å²) in [6, 6.07) is 14.6. The molecule has 0 radical (unpaired) electrons. The fourth-order valence-electron chi connectivity index (χ4n) is 5.51. The smallest absolute Gasteiger partial charge is 0.295 e. The first kappa shape index (κ1) is 31.4. The van der Waals surface area contributed by atoms with E-state index in [0.29, 0.717) is 23.5 Å². The molecule has 3 aromatic carbocycles. The molecule has 234 valence electrons. The summed E-state index contributed by atoms with van der Waals surface area (Å²) in [5, 5.41) is 2.63. The van der Waals surface area contributed by atoms with Crippen molar-refractivity contribution < 1.29 is 31.6 Å². The zero-order valence-corrected chi connectivity index (χ0v) is 25.1. The molecule has 5 rings (SSSR count). The average molecular weight is 627 g/mol. The Hall–Kier alpha value is -4.03. The molecule has 9 nitrogen and oxygen atoms in total. The van der Waals surface area contributed by atoms with Gasteiger partial charge in [0, 0.05) is 24.7 Å². The number of hydrogen-bond acceptors (Lipinski definition) is 6. The van der Waals surface area contributed by atoms with Crippen LogP contribution < -0.4 is 14.6 Å². The summed E-state index contributed by atoms with van der Waals surface area (Å²) < 4.78 is 55.1. The third-order valence-corrected chi connectivity index (χ3v) is 9.66. The molecule has 2 amide bonds. The topological polar surface area (TPSA) is 99.3 Å². The zero-order chi connectivity index (χ0) is 31.1. The SMILES string of the molecule is O=C(NCC(=O)N1CCC(CCN2CCCC2)CC1)c1ccc(S(=O)(=O)N(Oc2ccc(F)cc2)c2cccc(F)c2)cc1. The van der Waals surface area contributed by atoms with E-state index in [1.807, 2.05) is 0 Å². The number of nitrogens with one attached hydrogen (secondary N) is 1. The molecule has 2 saturated heterocycles. The fourth-order valence-corrected chi connectivity index (χ4v) is 6.75. The van der Waals surface area contributed by atoms with E-state index in [1.165, 1.54) is 74.5 Å². The van der Waals surface area contributed by atoms with Gasteiger partial charge in [0.1, 0.15) is 11.6 Å². The van der Waals surface area contributed by atoms with Crippen LogP contribution in [0.15, 0.2) is 77.7 Å². The van der Waals surface area contributed by atoms with Gasteiger partial charge >= 0.3 is 0 Å². The van der Waals surface area contributed by atoms with Crippen molar-refractivity contribution in [1.29, 1.82) is 0 Å². The molecule has 0 unspecified atom stereocenters. The summed E-state index contributed by atoms with van der Waals surface area (Å²) in [4.78, 5) is 35.1. The summed E-state index contributed by atoms with van der Waals surface area (Å²) in [5.41, 5.74) is 0.0411. The molecule has 1 N–H and O–H groups in total. The van der Waals surface area contributed by atoms with Crippen LogP contribution in [-0.2, 0) is 14.8 Å². The summed E-state index contributed by atoms with van der Waals surface area (Å²) in [7, 11) is -4.42. The van der Waals surface area contributed by atoms with E-state index < -0.39 is 27.6 Å². The first-order valence-electron chi connectivity index (χ1n) is 14.8. The van der Waals surface area contributed by atoms with Crippen molar-refractivity contribution in [2.45, 2.75) is 37.0 Å². The molecule has 0 atom stereocenters. The third kappa shape index (κ3) is 7.92. The van der Waals surface area contributed by atoms with Gasteiger partial charge < -0.3 is 20.0 Å². The van der Waals surface area contributed by atoms with Gasteiger partial charge in [-0.05, 0) is 118 Å². The van der Waals surface area contributed by atoms with E-state index in [-0.39, 0.29) is 34.3 Å². The number of carbonyl (C=O) groups excluding carboxylic acids is 2. The lowest BCUT2D eigenvalue weighted by molar-refractivity contribution is -0.131. The van der Waals surface area contributed by atoms with Crippen molar-refractivity contribution in [2.24, 2.45) is 5.92 Å². The minimum atomic E-state index is -4.42. The second-order valence-corrected chi connectivity index (χ2v) is 12.9. The molecular weight excluding hydrogens is 590 g/mol. The van der Waals surface area contributed by atoms with Crippen LogP contribution in [-0.4, -0.2) is 69.3 Å². The van der Waals surface area contributed by atoms with E-state index >= 15 is 0 Å². The van der Waals surface area contributed by atoms with Gasteiger partial charge in [-0.3, -0.25) is 9.59 Å². The van der Waals surface area contributed by atoms with Crippen LogP contribution in [0, 0.1) is 17.6 Å². The van der Waals surface area contributed by atoms with Gasteiger partial charge in [0.2, 0.25) is 5.91 Å². The van der Waals surface area contributed by atoms with E-state index in [9.17, 15) is 26.8 Å². The number of nitrogens with zero attached hydrogens (tertiary/aromatic N) is 3. The Bertz CT molecular complexity index is 1540. The third-order valence-electron chi connectivity index (χ3n) is 8.07. The zero-order valence-electron chi connectivity index (χ0n) is 24.3. The predicted octanol–water partition coefficient (Wildman–Crippen LogP) is 4.61. The van der Waals surface area contributed by atoms with Crippen molar-refractivity contribution in [1.82, 2.24) is 15.1 Å². The van der Waals surface area contributed by atoms with Crippen molar-refractivity contribution in [3.8, 4) is 5.75 Å². The highest BCUT2D eigenvalue weighted by atomic mass is 32.2. The van der Waals surface area contributed by atoms with Crippen LogP contribution >= 0.6 is 0 Å². The number of rotatable bonds is 11. The Morgan fingerprint density at radius 3 is 2.23 bits per heavy atom. The standard InChI is InChI=1S/C32H36F2N4O5S/c33-26-8-10-29(11-9-26)43-38(28-5-3-4-27(34)22-28)44(41,42)30-12-6-25(7-13-30)32(40)35-23-31(39)37-20-15-24(16-21-37)14-19-36-17-1-2-18-36/h3-13,22,24H,1-2,14-21,23H2,(H,35,40). The van der Waals surface area contributed by atoms with Crippen molar-refractivity contribution >= 4 is 27.5 Å². The Morgan fingerprint density at radius 1 is 0.886 bits per heavy atom. The Labute approximate surface area is 256 Å². The van der Waals surface area contributed by atoms with Crippen molar-refractivity contribution in [2.75, 3.05) is 43.7 Å². The molecule has 0 aliphatic carbocycles. The maximum atomic E-state index is 14.0. The number of amides is 2. The predicted molar refractivity (Wildman–Crippen MR) is 161 cm³/mol. The maximum absolute atomic E-state index is 14.0. The van der Waals surface area contributed by atoms with Gasteiger partial charge in [-0.2, -0.15) is 8.42 Å². The van der Waals surface area contributed by atoms with E-state index in [1.54, 1.807) is 4.90 Å². The molecule has 2 heterocycles. The fraction of sp³-hybridized carbons (Fsp3) is 0.375. The van der Waals surface area contributed by atoms with Crippen molar-refractivity contribution in [3.63, 3.8) is 0 Å². The number of carbonyl (C=O) groups is 2. The quantitative estimate of drug-likeness (QED) is 0.312. The highest BCUT2D eigenvalue weighted by molar-refractivity contribution is 7.92. The van der Waals surface area contributed by atoms with Gasteiger partial charge in [-0.15, -0.1) is 0 Å². The highest BCUT2D eigenvalue weighted by Crippen LogP contribution is 2.27. The van der Waals surface area contributed by atoms with Crippen LogP contribution in [0.4, 0.5) is 14.5 Å². The van der Waals surface area contributed by atoms with Gasteiger partial charge in [0.15, 0.2) is 5.75 Å². The number of halogens is 2. The van der Waals surface area contributed by atoms with Crippen molar-refractivity contribution in [3.05, 3.63) is 90.0 Å². The molecule has 12 heteroatoms. The molecule has 0 saturated carbocycles. The van der Waals surface area contributed by atoms with Gasteiger partial charge in [0.25, 0.3) is 15.9 Å². The number of likely N-dealkylation sites (tertiary alicyclic amines) is 2. The number of benzene rings is 3. The second kappa shape index (κ2) is 14.2. The first-order valence-corrected chi connectivity index (χ1v) is 16.3. The molecule has 2 fully saturated rings. The average Bonchev–Trinajstić information content (AvgIpc) is 3.56. The van der Waals surface area contributed by atoms with Crippen LogP contribution in [0.5, 0.6) is 5.75 Å². The number of sulfonamides is 1. The normalized spacial score (nSPS) is 16.1. The Kier molecular flexibility index (Phi) is 10.1. The van der Waals surface area contributed by atoms with E-state index in [4.69, 9.17) is 4.84 Å². The Balaban J connectivity index is 1.17. The highest BCUT2D eigenvalue weighted by Gasteiger charge is 2.29. The molecule has 3 aromatic rings. The van der Waals surface area contributed by atoms with Gasteiger partial charge in [-0.1, -0.05) is 10.5 Å². The Morgan fingerprint density at radius 2 is 1.57 bits per heavy atom. The maximum Gasteiger partial charge on any atom is 0.295 e. The summed E-state index contributed by atoms with van der Waals surface area (Å²) in [6.07, 6.45) is 5.64. The monoisotopic (exact) mass is 626 g/mol. The van der Waals surface area contributed by atoms with Gasteiger partial charge in [0.05, 0.1) is 17.1 Å². The second-order valence-electron chi connectivity index (χ2n) is 11.1.